The van der Waals surface area contributed by atoms with Crippen LogP contribution in [0.5, 0.6) is 0 Å². The van der Waals surface area contributed by atoms with Gasteiger partial charge in [0.15, 0.2) is 0 Å². The minimum atomic E-state index is -1.29. The number of rotatable bonds is 8. The SMILES string of the molecule is O=C(O)CCSSC[C@@H](C(=O)O)N1C(=O)c2ccccc2C1=O. The largest absolute Gasteiger partial charge is 0.481 e. The molecule has 1 atom stereocenters. The maximum Gasteiger partial charge on any atom is 0.327 e. The number of benzene rings is 1. The highest BCUT2D eigenvalue weighted by Crippen LogP contribution is 2.29. The molecule has 0 spiro atoms. The molecule has 1 aromatic rings. The monoisotopic (exact) mass is 355 g/mol. The average Bonchev–Trinajstić information content (AvgIpc) is 2.75. The number of amides is 2. The maximum absolute atomic E-state index is 12.3. The van der Waals surface area contributed by atoms with E-state index >= 15 is 0 Å². The van der Waals surface area contributed by atoms with Gasteiger partial charge in [-0.05, 0) is 12.1 Å². The molecule has 1 heterocycles. The number of carboxylic acids is 2. The number of nitrogens with zero attached hydrogens (tertiary/aromatic N) is 1. The van der Waals surface area contributed by atoms with Gasteiger partial charge in [0.05, 0.1) is 17.5 Å². The van der Waals surface area contributed by atoms with Crippen LogP contribution in [-0.4, -0.2) is 56.4 Å². The second kappa shape index (κ2) is 7.51. The zero-order chi connectivity index (χ0) is 17.0. The molecule has 2 rings (SSSR count). The van der Waals surface area contributed by atoms with Crippen molar-refractivity contribution in [2.24, 2.45) is 0 Å². The van der Waals surface area contributed by atoms with E-state index in [1.807, 2.05) is 0 Å². The van der Waals surface area contributed by atoms with Crippen molar-refractivity contribution in [1.29, 1.82) is 0 Å². The average molecular weight is 355 g/mol. The maximum atomic E-state index is 12.3. The van der Waals surface area contributed by atoms with Gasteiger partial charge in [0, 0.05) is 11.5 Å². The second-order valence-electron chi connectivity index (χ2n) is 4.63. The smallest absolute Gasteiger partial charge is 0.327 e. The lowest BCUT2D eigenvalue weighted by Gasteiger charge is -2.21. The van der Waals surface area contributed by atoms with Crippen LogP contribution < -0.4 is 0 Å². The van der Waals surface area contributed by atoms with Gasteiger partial charge in [-0.1, -0.05) is 33.7 Å². The Morgan fingerprint density at radius 1 is 1.04 bits per heavy atom. The Kier molecular flexibility index (Phi) is 5.67. The van der Waals surface area contributed by atoms with E-state index in [1.54, 1.807) is 12.1 Å². The van der Waals surface area contributed by atoms with Gasteiger partial charge in [-0.25, -0.2) is 4.79 Å². The molecule has 0 fully saturated rings. The number of carboxylic acid groups (broad SMARTS) is 2. The van der Waals surface area contributed by atoms with Gasteiger partial charge in [0.1, 0.15) is 6.04 Å². The number of fused-ring (bicyclic) bond motifs is 1. The second-order valence-corrected chi connectivity index (χ2v) is 7.26. The molecule has 2 N–H and O–H groups in total. The standard InChI is InChI=1S/C14H13NO6S2/c16-11(17)5-6-22-23-7-10(14(20)21)15-12(18)8-3-1-2-4-9(8)13(15)19/h1-4,10H,5-7H2,(H,16,17)(H,20,21)/t10-/m0/s1. The van der Waals surface area contributed by atoms with Crippen LogP contribution in [0.25, 0.3) is 0 Å². The lowest BCUT2D eigenvalue weighted by atomic mass is 10.1. The number of hydrogen-bond acceptors (Lipinski definition) is 6. The molecule has 9 heteroatoms. The summed E-state index contributed by atoms with van der Waals surface area (Å²) in [5.41, 5.74) is 0.402. The zero-order valence-corrected chi connectivity index (χ0v) is 13.4. The predicted octanol–water partition coefficient (Wildman–Crippen LogP) is 1.59. The van der Waals surface area contributed by atoms with Crippen molar-refractivity contribution in [3.8, 4) is 0 Å². The van der Waals surface area contributed by atoms with Crippen LogP contribution in [0.3, 0.4) is 0 Å². The summed E-state index contributed by atoms with van der Waals surface area (Å²) in [4.78, 5) is 47.2. The van der Waals surface area contributed by atoms with Crippen LogP contribution >= 0.6 is 21.6 Å². The molecule has 0 bridgehead atoms. The van der Waals surface area contributed by atoms with Crippen LogP contribution in [0.2, 0.25) is 0 Å². The summed E-state index contributed by atoms with van der Waals surface area (Å²) in [6.45, 7) is 0. The van der Waals surface area contributed by atoms with Crippen molar-refractivity contribution >= 4 is 45.3 Å². The van der Waals surface area contributed by atoms with Crippen molar-refractivity contribution < 1.29 is 29.4 Å². The van der Waals surface area contributed by atoms with E-state index in [1.165, 1.54) is 22.9 Å². The minimum Gasteiger partial charge on any atom is -0.481 e. The van der Waals surface area contributed by atoms with Crippen molar-refractivity contribution in [2.45, 2.75) is 12.5 Å². The van der Waals surface area contributed by atoms with Crippen LogP contribution in [-0.2, 0) is 9.59 Å². The molecule has 7 nitrogen and oxygen atoms in total. The topological polar surface area (TPSA) is 112 Å². The van der Waals surface area contributed by atoms with E-state index in [2.05, 4.69) is 0 Å². The molecule has 23 heavy (non-hydrogen) atoms. The van der Waals surface area contributed by atoms with Gasteiger partial charge in [0.25, 0.3) is 11.8 Å². The number of imide groups is 1. The summed E-state index contributed by atoms with van der Waals surface area (Å²) in [5.74, 6) is -3.14. The Labute approximate surface area is 139 Å². The summed E-state index contributed by atoms with van der Waals surface area (Å²) in [6.07, 6.45) is -0.0393. The highest BCUT2D eigenvalue weighted by molar-refractivity contribution is 8.76. The summed E-state index contributed by atoms with van der Waals surface area (Å²) >= 11 is 0. The van der Waals surface area contributed by atoms with Crippen LogP contribution in [0, 0.1) is 0 Å². The van der Waals surface area contributed by atoms with Gasteiger partial charge >= 0.3 is 11.9 Å². The van der Waals surface area contributed by atoms with E-state index in [0.717, 1.165) is 15.7 Å². The van der Waals surface area contributed by atoms with Gasteiger partial charge in [-0.15, -0.1) is 0 Å². The van der Waals surface area contributed by atoms with Crippen LogP contribution in [0.15, 0.2) is 24.3 Å². The molecule has 0 aliphatic carbocycles. The fourth-order valence-corrected chi connectivity index (χ4v) is 4.22. The number of carbonyl (C=O) groups is 4. The van der Waals surface area contributed by atoms with E-state index in [0.29, 0.717) is 5.75 Å². The lowest BCUT2D eigenvalue weighted by Crippen LogP contribution is -2.46. The third kappa shape index (κ3) is 3.85. The Balaban J connectivity index is 2.05. The molecule has 0 unspecified atom stereocenters. The number of carbonyl (C=O) groups excluding carboxylic acids is 2. The fraction of sp³-hybridized carbons (Fsp3) is 0.286. The Morgan fingerprint density at radius 3 is 2.09 bits per heavy atom. The third-order valence-electron chi connectivity index (χ3n) is 3.13. The summed E-state index contributed by atoms with van der Waals surface area (Å²) in [5, 5.41) is 17.9. The molecular weight excluding hydrogens is 342 g/mol. The molecule has 1 aliphatic heterocycles. The predicted molar refractivity (Wildman–Crippen MR) is 85.5 cm³/mol. The van der Waals surface area contributed by atoms with E-state index in [4.69, 9.17) is 5.11 Å². The lowest BCUT2D eigenvalue weighted by molar-refractivity contribution is -0.140. The molecule has 122 valence electrons. The molecule has 0 radical (unpaired) electrons. The molecule has 0 aromatic heterocycles. The Bertz CT molecular complexity index is 627. The van der Waals surface area contributed by atoms with Gasteiger partial charge in [-0.2, -0.15) is 0 Å². The van der Waals surface area contributed by atoms with Crippen LogP contribution in [0.1, 0.15) is 27.1 Å². The van der Waals surface area contributed by atoms with Crippen LogP contribution in [0.4, 0.5) is 0 Å². The first-order valence-electron chi connectivity index (χ1n) is 6.59. The molecule has 2 amide bonds. The minimum absolute atomic E-state index is 0.00884. The number of hydrogen-bond donors (Lipinski definition) is 2. The first-order chi connectivity index (χ1) is 10.9. The van der Waals surface area contributed by atoms with Crippen molar-refractivity contribution in [3.05, 3.63) is 35.4 Å². The summed E-state index contributed by atoms with van der Waals surface area (Å²) in [7, 11) is 2.32. The summed E-state index contributed by atoms with van der Waals surface area (Å²) in [6, 6.07) is 4.91. The van der Waals surface area contributed by atoms with Gasteiger partial charge < -0.3 is 10.2 Å². The normalized spacial score (nSPS) is 14.7. The molecule has 0 saturated heterocycles. The molecule has 1 aliphatic rings. The fourth-order valence-electron chi connectivity index (χ4n) is 2.05. The molecule has 0 saturated carbocycles. The highest BCUT2D eigenvalue weighted by atomic mass is 33.1. The van der Waals surface area contributed by atoms with Crippen molar-refractivity contribution in [2.75, 3.05) is 11.5 Å². The molecular formula is C14H13NO6S2. The Morgan fingerprint density at radius 2 is 1.61 bits per heavy atom. The summed E-state index contributed by atoms with van der Waals surface area (Å²) < 4.78 is 0. The quantitative estimate of drug-likeness (QED) is 0.411. The number of aliphatic carboxylic acids is 2. The van der Waals surface area contributed by atoms with E-state index in [-0.39, 0.29) is 23.3 Å². The molecule has 1 aromatic carbocycles. The van der Waals surface area contributed by atoms with Gasteiger partial charge in [0.2, 0.25) is 0 Å². The Hall–Kier alpha value is -2.00. The van der Waals surface area contributed by atoms with Gasteiger partial charge in [-0.3, -0.25) is 19.3 Å². The zero-order valence-electron chi connectivity index (χ0n) is 11.8. The third-order valence-corrected chi connectivity index (χ3v) is 5.53. The van der Waals surface area contributed by atoms with E-state index < -0.39 is 29.8 Å². The first-order valence-corrected chi connectivity index (χ1v) is 9.08. The van der Waals surface area contributed by atoms with Crippen molar-refractivity contribution in [1.82, 2.24) is 4.90 Å². The van der Waals surface area contributed by atoms with Crippen molar-refractivity contribution in [3.63, 3.8) is 0 Å². The highest BCUT2D eigenvalue weighted by Gasteiger charge is 2.42. The first kappa shape index (κ1) is 17.4. The van der Waals surface area contributed by atoms with E-state index in [9.17, 15) is 24.3 Å².